The largest absolute Gasteiger partial charge is 0.496 e. The minimum Gasteiger partial charge on any atom is -0.496 e. The predicted molar refractivity (Wildman–Crippen MR) is 90.9 cm³/mol. The summed E-state index contributed by atoms with van der Waals surface area (Å²) in [6, 6.07) is 4.95. The minimum atomic E-state index is -0.886. The molecule has 23 heavy (non-hydrogen) atoms. The number of halogens is 1. The molecule has 0 bridgehead atoms. The van der Waals surface area contributed by atoms with Gasteiger partial charge in [-0.15, -0.1) is 0 Å². The average molecular weight is 386 g/mol. The lowest BCUT2D eigenvalue weighted by molar-refractivity contribution is -0.409. The molecule has 0 aliphatic heterocycles. The molecule has 0 aromatic heterocycles. The smallest absolute Gasteiger partial charge is 0.362 e. The molecule has 0 unspecified atom stereocenters. The standard InChI is InChI=1S/C16H21BrN2O4/c1-23-14-7-5-11(10-12(14)17)6-8-15(20)19-9-3-2-4-13(18)16(21)22/h5-8,10,13H,2-4,9,18H2,1H3,(H,19,20)(H,21,22)/p+1/b8-6+/t13-/m1/s1. The van der Waals surface area contributed by atoms with E-state index >= 15 is 0 Å². The first kappa shape index (κ1) is 19.2. The van der Waals surface area contributed by atoms with Gasteiger partial charge in [0.05, 0.1) is 11.6 Å². The van der Waals surface area contributed by atoms with Crippen molar-refractivity contribution < 1.29 is 25.2 Å². The van der Waals surface area contributed by atoms with E-state index in [4.69, 9.17) is 9.84 Å². The second-order valence-electron chi connectivity index (χ2n) is 5.05. The molecule has 1 atom stereocenters. The van der Waals surface area contributed by atoms with Crippen LogP contribution in [0.1, 0.15) is 24.8 Å². The van der Waals surface area contributed by atoms with Crippen molar-refractivity contribution in [1.29, 1.82) is 0 Å². The van der Waals surface area contributed by atoms with Gasteiger partial charge in [0.2, 0.25) is 5.91 Å². The lowest BCUT2D eigenvalue weighted by atomic mass is 10.1. The van der Waals surface area contributed by atoms with Crippen LogP contribution >= 0.6 is 15.9 Å². The highest BCUT2D eigenvalue weighted by atomic mass is 79.9. The van der Waals surface area contributed by atoms with E-state index in [1.54, 1.807) is 13.2 Å². The molecule has 1 amide bonds. The molecule has 1 rings (SSSR count). The second kappa shape index (κ2) is 10.0. The first-order valence-electron chi connectivity index (χ1n) is 7.29. The Labute approximate surface area is 143 Å². The first-order valence-corrected chi connectivity index (χ1v) is 8.08. The maximum Gasteiger partial charge on any atom is 0.362 e. The van der Waals surface area contributed by atoms with Crippen LogP contribution in [0.25, 0.3) is 6.08 Å². The zero-order valence-electron chi connectivity index (χ0n) is 13.0. The van der Waals surface area contributed by atoms with E-state index in [9.17, 15) is 9.59 Å². The number of hydrogen-bond acceptors (Lipinski definition) is 3. The Morgan fingerprint density at radius 2 is 2.17 bits per heavy atom. The van der Waals surface area contributed by atoms with Gasteiger partial charge in [-0.3, -0.25) is 4.79 Å². The molecule has 0 saturated carbocycles. The number of ether oxygens (including phenoxy) is 1. The number of hydrogen-bond donors (Lipinski definition) is 3. The van der Waals surface area contributed by atoms with Crippen LogP contribution in [0.2, 0.25) is 0 Å². The van der Waals surface area contributed by atoms with Crippen LogP contribution in [-0.2, 0) is 9.59 Å². The second-order valence-corrected chi connectivity index (χ2v) is 5.90. The monoisotopic (exact) mass is 385 g/mol. The number of nitrogens with one attached hydrogen (secondary N) is 1. The Bertz CT molecular complexity index is 575. The molecule has 0 radical (unpaired) electrons. The van der Waals surface area contributed by atoms with E-state index in [0.29, 0.717) is 13.0 Å². The summed E-state index contributed by atoms with van der Waals surface area (Å²) in [5.41, 5.74) is 4.43. The highest BCUT2D eigenvalue weighted by Crippen LogP contribution is 2.25. The van der Waals surface area contributed by atoms with Crippen molar-refractivity contribution in [3.05, 3.63) is 34.3 Å². The maximum atomic E-state index is 11.7. The van der Waals surface area contributed by atoms with E-state index in [-0.39, 0.29) is 5.91 Å². The molecule has 0 heterocycles. The van der Waals surface area contributed by atoms with Crippen LogP contribution < -0.4 is 15.8 Å². The normalized spacial score (nSPS) is 12.1. The van der Waals surface area contributed by atoms with Gasteiger partial charge in [-0.25, -0.2) is 4.79 Å². The first-order chi connectivity index (χ1) is 10.9. The topological polar surface area (TPSA) is 103 Å². The summed E-state index contributed by atoms with van der Waals surface area (Å²) in [6.07, 6.45) is 5.15. The molecule has 0 saturated heterocycles. The molecule has 0 spiro atoms. The van der Waals surface area contributed by atoms with Crippen LogP contribution in [0.5, 0.6) is 5.75 Å². The van der Waals surface area contributed by atoms with Gasteiger partial charge in [0.1, 0.15) is 5.75 Å². The van der Waals surface area contributed by atoms with Crippen molar-refractivity contribution in [3.8, 4) is 5.75 Å². The third-order valence-electron chi connectivity index (χ3n) is 3.23. The number of carbonyl (C=O) groups excluding carboxylic acids is 1. The highest BCUT2D eigenvalue weighted by Gasteiger charge is 2.13. The van der Waals surface area contributed by atoms with Crippen LogP contribution in [-0.4, -0.2) is 36.7 Å². The Kier molecular flexibility index (Phi) is 8.36. The quantitative estimate of drug-likeness (QED) is 0.442. The lowest BCUT2D eigenvalue weighted by Crippen LogP contribution is -2.64. The molecule has 6 nitrogen and oxygen atoms in total. The number of rotatable bonds is 9. The van der Waals surface area contributed by atoms with Gasteiger partial charge in [-0.2, -0.15) is 0 Å². The van der Waals surface area contributed by atoms with Gasteiger partial charge in [0.15, 0.2) is 6.04 Å². The van der Waals surface area contributed by atoms with Crippen LogP contribution in [0, 0.1) is 0 Å². The molecule has 7 heteroatoms. The number of methoxy groups -OCH3 is 1. The maximum absolute atomic E-state index is 11.7. The Hall–Kier alpha value is -1.86. The summed E-state index contributed by atoms with van der Waals surface area (Å²) in [4.78, 5) is 22.3. The number of aliphatic carboxylic acids is 1. The fourth-order valence-electron chi connectivity index (χ4n) is 1.87. The molecular weight excluding hydrogens is 364 g/mol. The van der Waals surface area contributed by atoms with Gasteiger partial charge in [0.25, 0.3) is 0 Å². The summed E-state index contributed by atoms with van der Waals surface area (Å²) in [6.45, 7) is 0.516. The number of benzene rings is 1. The summed E-state index contributed by atoms with van der Waals surface area (Å²) in [7, 11) is 1.59. The van der Waals surface area contributed by atoms with Crippen molar-refractivity contribution in [3.63, 3.8) is 0 Å². The number of unbranched alkanes of at least 4 members (excludes halogenated alkanes) is 1. The third kappa shape index (κ3) is 7.30. The number of carbonyl (C=O) groups is 2. The van der Waals surface area contributed by atoms with Crippen LogP contribution in [0.15, 0.2) is 28.7 Å². The minimum absolute atomic E-state index is 0.179. The fraction of sp³-hybridized carbons (Fsp3) is 0.375. The van der Waals surface area contributed by atoms with Gasteiger partial charge in [0, 0.05) is 19.0 Å². The number of quaternary nitrogens is 1. The van der Waals surface area contributed by atoms with E-state index in [1.807, 2.05) is 18.2 Å². The van der Waals surface area contributed by atoms with E-state index < -0.39 is 12.0 Å². The van der Waals surface area contributed by atoms with Gasteiger partial charge >= 0.3 is 5.97 Å². The Balaban J connectivity index is 2.31. The van der Waals surface area contributed by atoms with E-state index in [2.05, 4.69) is 27.0 Å². The average Bonchev–Trinajstić information content (AvgIpc) is 2.52. The van der Waals surface area contributed by atoms with Gasteiger partial charge in [-0.05, 0) is 52.5 Å². The molecule has 5 N–H and O–H groups in total. The van der Waals surface area contributed by atoms with E-state index in [1.165, 1.54) is 6.08 Å². The molecule has 0 aliphatic carbocycles. The zero-order chi connectivity index (χ0) is 17.2. The number of carboxylic acids is 1. The molecule has 126 valence electrons. The predicted octanol–water partition coefficient (Wildman–Crippen LogP) is 1.45. The third-order valence-corrected chi connectivity index (χ3v) is 3.85. The number of carboxylic acid groups (broad SMARTS) is 1. The summed E-state index contributed by atoms with van der Waals surface area (Å²) in [5, 5.41) is 11.5. The Morgan fingerprint density at radius 3 is 2.78 bits per heavy atom. The van der Waals surface area contributed by atoms with Crippen molar-refractivity contribution in [2.75, 3.05) is 13.7 Å². The molecule has 0 fully saturated rings. The van der Waals surface area contributed by atoms with Gasteiger partial charge < -0.3 is 20.9 Å². The zero-order valence-corrected chi connectivity index (χ0v) is 14.6. The van der Waals surface area contributed by atoms with E-state index in [0.717, 1.165) is 28.6 Å². The van der Waals surface area contributed by atoms with Crippen molar-refractivity contribution in [2.24, 2.45) is 0 Å². The Morgan fingerprint density at radius 1 is 1.43 bits per heavy atom. The van der Waals surface area contributed by atoms with Crippen molar-refractivity contribution in [2.45, 2.75) is 25.3 Å². The van der Waals surface area contributed by atoms with Crippen molar-refractivity contribution in [1.82, 2.24) is 5.32 Å². The molecule has 1 aromatic carbocycles. The molecule has 1 aromatic rings. The molecular formula is C16H22BrN2O4+. The van der Waals surface area contributed by atoms with Crippen LogP contribution in [0.3, 0.4) is 0 Å². The highest BCUT2D eigenvalue weighted by molar-refractivity contribution is 9.10. The fourth-order valence-corrected chi connectivity index (χ4v) is 2.43. The SMILES string of the molecule is COc1ccc(/C=C/C(=O)NCCCC[C@@H]([NH3+])C(=O)O)cc1Br. The van der Waals surface area contributed by atoms with Crippen molar-refractivity contribution >= 4 is 33.9 Å². The summed E-state index contributed by atoms with van der Waals surface area (Å²) in [5.74, 6) is -0.333. The molecule has 0 aliphatic rings. The summed E-state index contributed by atoms with van der Waals surface area (Å²) < 4.78 is 5.96. The lowest BCUT2D eigenvalue weighted by Gasteiger charge is -2.05. The van der Waals surface area contributed by atoms with Gasteiger partial charge in [-0.1, -0.05) is 6.07 Å². The number of amides is 1. The summed E-state index contributed by atoms with van der Waals surface area (Å²) >= 11 is 3.39. The van der Waals surface area contributed by atoms with Crippen LogP contribution in [0.4, 0.5) is 0 Å².